The monoisotopic (exact) mass is 298 g/mol. The first-order valence-electron chi connectivity index (χ1n) is 6.88. The van der Waals surface area contributed by atoms with Crippen molar-refractivity contribution in [3.8, 4) is 5.75 Å². The van der Waals surface area contributed by atoms with Gasteiger partial charge in [0, 0.05) is 18.8 Å². The normalized spacial score (nSPS) is 23.9. The van der Waals surface area contributed by atoms with Gasteiger partial charge in [-0.15, -0.1) is 0 Å². The Morgan fingerprint density at radius 1 is 1.30 bits per heavy atom. The third kappa shape index (κ3) is 2.76. The van der Waals surface area contributed by atoms with Crippen molar-refractivity contribution < 1.29 is 13.2 Å². The summed E-state index contributed by atoms with van der Waals surface area (Å²) in [5.74, 6) is 1.09. The molecule has 1 aliphatic heterocycles. The molecule has 5 nitrogen and oxygen atoms in total. The number of hydrogen-bond donors (Lipinski definition) is 1. The van der Waals surface area contributed by atoms with Crippen molar-refractivity contribution in [2.24, 2.45) is 11.8 Å². The number of nitrogens with two attached hydrogens (primary N) is 1. The molecular formula is C14H22N2O3S. The van der Waals surface area contributed by atoms with Crippen LogP contribution in [0.15, 0.2) is 23.1 Å². The van der Waals surface area contributed by atoms with Gasteiger partial charge in [0.15, 0.2) is 0 Å². The predicted molar refractivity (Wildman–Crippen MR) is 79.1 cm³/mol. The van der Waals surface area contributed by atoms with Crippen LogP contribution in [0.25, 0.3) is 0 Å². The maximum absolute atomic E-state index is 12.8. The van der Waals surface area contributed by atoms with E-state index in [1.807, 2.05) is 6.92 Å². The third-order valence-corrected chi connectivity index (χ3v) is 5.69. The van der Waals surface area contributed by atoms with E-state index in [9.17, 15) is 8.42 Å². The number of nitrogen functional groups attached to an aromatic ring is 1. The Balaban J connectivity index is 2.41. The maximum Gasteiger partial charge on any atom is 0.246 e. The number of hydrogen-bond acceptors (Lipinski definition) is 4. The summed E-state index contributed by atoms with van der Waals surface area (Å²) in [6, 6.07) is 4.75. The molecule has 0 amide bonds. The van der Waals surface area contributed by atoms with Gasteiger partial charge in [0.05, 0.1) is 6.61 Å². The molecule has 0 bridgehead atoms. The first-order chi connectivity index (χ1) is 9.36. The van der Waals surface area contributed by atoms with Gasteiger partial charge in [0.2, 0.25) is 10.0 Å². The second-order valence-electron chi connectivity index (χ2n) is 5.42. The first-order valence-corrected chi connectivity index (χ1v) is 8.32. The largest absolute Gasteiger partial charge is 0.492 e. The molecule has 2 unspecified atom stereocenters. The summed E-state index contributed by atoms with van der Waals surface area (Å²) in [6.07, 6.45) is 0. The van der Waals surface area contributed by atoms with E-state index in [1.54, 1.807) is 12.1 Å². The topological polar surface area (TPSA) is 72.6 Å². The first kappa shape index (κ1) is 15.1. The van der Waals surface area contributed by atoms with Crippen molar-refractivity contribution in [2.75, 3.05) is 25.4 Å². The Bertz CT molecular complexity index is 576. The number of ether oxygens (including phenoxy) is 1. The zero-order valence-corrected chi connectivity index (χ0v) is 13.0. The average molecular weight is 298 g/mol. The minimum absolute atomic E-state index is 0.167. The minimum atomic E-state index is -3.55. The lowest BCUT2D eigenvalue weighted by atomic mass is 10.0. The summed E-state index contributed by atoms with van der Waals surface area (Å²) in [5.41, 5.74) is 6.16. The lowest BCUT2D eigenvalue weighted by molar-refractivity contribution is 0.329. The van der Waals surface area contributed by atoms with E-state index in [0.29, 0.717) is 43.0 Å². The number of nitrogens with zero attached hydrogens (tertiary/aromatic N) is 1. The Morgan fingerprint density at radius 2 is 1.90 bits per heavy atom. The van der Waals surface area contributed by atoms with Crippen LogP contribution in [-0.2, 0) is 10.0 Å². The maximum atomic E-state index is 12.8. The Labute approximate surface area is 120 Å². The van der Waals surface area contributed by atoms with Crippen LogP contribution >= 0.6 is 0 Å². The average Bonchev–Trinajstić information content (AvgIpc) is 2.73. The fourth-order valence-electron chi connectivity index (χ4n) is 2.41. The molecule has 1 aromatic rings. The molecule has 1 aliphatic rings. The molecule has 2 rings (SSSR count). The molecule has 112 valence electrons. The summed E-state index contributed by atoms with van der Waals surface area (Å²) >= 11 is 0. The molecule has 0 radical (unpaired) electrons. The van der Waals surface area contributed by atoms with Crippen LogP contribution in [-0.4, -0.2) is 32.4 Å². The molecule has 0 aromatic heterocycles. The number of benzene rings is 1. The van der Waals surface area contributed by atoms with Crippen molar-refractivity contribution in [2.45, 2.75) is 25.7 Å². The molecular weight excluding hydrogens is 276 g/mol. The molecule has 1 heterocycles. The van der Waals surface area contributed by atoms with Gasteiger partial charge < -0.3 is 10.5 Å². The zero-order valence-electron chi connectivity index (χ0n) is 12.2. The van der Waals surface area contributed by atoms with Crippen LogP contribution < -0.4 is 10.5 Å². The molecule has 6 heteroatoms. The van der Waals surface area contributed by atoms with E-state index in [2.05, 4.69) is 13.8 Å². The number of sulfonamides is 1. The van der Waals surface area contributed by atoms with Crippen LogP contribution in [0.5, 0.6) is 5.75 Å². The van der Waals surface area contributed by atoms with Gasteiger partial charge in [0.1, 0.15) is 10.6 Å². The highest BCUT2D eigenvalue weighted by molar-refractivity contribution is 7.89. The van der Waals surface area contributed by atoms with E-state index in [0.717, 1.165) is 0 Å². The standard InChI is InChI=1S/C14H22N2O3S/c1-4-19-13-6-5-12(15)7-14(13)20(17,18)16-8-10(2)11(3)9-16/h5-7,10-11H,4,8-9,15H2,1-3H3. The molecule has 0 aliphatic carbocycles. The highest BCUT2D eigenvalue weighted by Gasteiger charge is 2.36. The van der Waals surface area contributed by atoms with Crippen LogP contribution in [0.1, 0.15) is 20.8 Å². The smallest absolute Gasteiger partial charge is 0.246 e. The van der Waals surface area contributed by atoms with E-state index >= 15 is 0 Å². The Morgan fingerprint density at radius 3 is 2.45 bits per heavy atom. The molecule has 1 aromatic carbocycles. The van der Waals surface area contributed by atoms with Gasteiger partial charge in [-0.05, 0) is 37.0 Å². The SMILES string of the molecule is CCOc1ccc(N)cc1S(=O)(=O)N1CC(C)C(C)C1. The summed E-state index contributed by atoms with van der Waals surface area (Å²) in [5, 5.41) is 0. The number of anilines is 1. The van der Waals surface area contributed by atoms with Gasteiger partial charge in [-0.1, -0.05) is 13.8 Å². The summed E-state index contributed by atoms with van der Waals surface area (Å²) < 4.78 is 32.5. The molecule has 20 heavy (non-hydrogen) atoms. The van der Waals surface area contributed by atoms with Crippen molar-refractivity contribution in [3.63, 3.8) is 0 Å². The highest BCUT2D eigenvalue weighted by Crippen LogP contribution is 2.33. The van der Waals surface area contributed by atoms with Gasteiger partial charge in [-0.3, -0.25) is 0 Å². The van der Waals surface area contributed by atoms with E-state index in [-0.39, 0.29) is 4.90 Å². The molecule has 0 saturated carbocycles. The summed E-state index contributed by atoms with van der Waals surface area (Å²) in [6.45, 7) is 7.48. The zero-order chi connectivity index (χ0) is 14.9. The van der Waals surface area contributed by atoms with Gasteiger partial charge in [-0.2, -0.15) is 4.31 Å². The molecule has 2 atom stereocenters. The van der Waals surface area contributed by atoms with E-state index < -0.39 is 10.0 Å². The summed E-state index contributed by atoms with van der Waals surface area (Å²) in [7, 11) is -3.55. The van der Waals surface area contributed by atoms with Crippen LogP contribution in [0.4, 0.5) is 5.69 Å². The van der Waals surface area contributed by atoms with Crippen molar-refractivity contribution in [1.29, 1.82) is 0 Å². The minimum Gasteiger partial charge on any atom is -0.492 e. The number of rotatable bonds is 4. The van der Waals surface area contributed by atoms with Crippen LogP contribution in [0.3, 0.4) is 0 Å². The van der Waals surface area contributed by atoms with Gasteiger partial charge >= 0.3 is 0 Å². The second-order valence-corrected chi connectivity index (χ2v) is 7.32. The fraction of sp³-hybridized carbons (Fsp3) is 0.571. The van der Waals surface area contributed by atoms with E-state index in [4.69, 9.17) is 10.5 Å². The second kappa shape index (κ2) is 5.61. The lowest BCUT2D eigenvalue weighted by Gasteiger charge is -2.19. The lowest BCUT2D eigenvalue weighted by Crippen LogP contribution is -2.29. The summed E-state index contributed by atoms with van der Waals surface area (Å²) in [4.78, 5) is 0.167. The van der Waals surface area contributed by atoms with Crippen LogP contribution in [0, 0.1) is 11.8 Å². The third-order valence-electron chi connectivity index (χ3n) is 3.84. The van der Waals surface area contributed by atoms with Gasteiger partial charge in [0.25, 0.3) is 0 Å². The molecule has 2 N–H and O–H groups in total. The Hall–Kier alpha value is -1.27. The van der Waals surface area contributed by atoms with Crippen molar-refractivity contribution in [3.05, 3.63) is 18.2 Å². The van der Waals surface area contributed by atoms with Crippen LogP contribution in [0.2, 0.25) is 0 Å². The molecule has 1 fully saturated rings. The van der Waals surface area contributed by atoms with Gasteiger partial charge in [-0.25, -0.2) is 8.42 Å². The Kier molecular flexibility index (Phi) is 4.25. The predicted octanol–water partition coefficient (Wildman–Crippen LogP) is 1.94. The van der Waals surface area contributed by atoms with E-state index in [1.165, 1.54) is 10.4 Å². The fourth-order valence-corrected chi connectivity index (χ4v) is 4.22. The molecule has 0 spiro atoms. The quantitative estimate of drug-likeness (QED) is 0.862. The molecule has 1 saturated heterocycles. The van der Waals surface area contributed by atoms with Crippen molar-refractivity contribution >= 4 is 15.7 Å². The highest BCUT2D eigenvalue weighted by atomic mass is 32.2. The van der Waals surface area contributed by atoms with Crippen molar-refractivity contribution in [1.82, 2.24) is 4.31 Å².